The zero-order chi connectivity index (χ0) is 10.1. The average Bonchev–Trinajstić information content (AvgIpc) is 2.25. The average molecular weight is 190 g/mol. The Bertz CT molecular complexity index is 218. The summed E-state index contributed by atoms with van der Waals surface area (Å²) in [7, 11) is 0. The lowest BCUT2D eigenvalue weighted by atomic mass is 9.99. The molecule has 0 radical (unpaired) electrons. The molecule has 0 saturated carbocycles. The summed E-state index contributed by atoms with van der Waals surface area (Å²) in [6.45, 7) is 2.23. The third-order valence-electron chi connectivity index (χ3n) is 2.61. The van der Waals surface area contributed by atoms with Gasteiger partial charge in [0.1, 0.15) is 0 Å². The maximum Gasteiger partial charge on any atom is -0.0282 e. The van der Waals surface area contributed by atoms with Crippen LogP contribution in [0.2, 0.25) is 0 Å². The molecule has 1 aliphatic carbocycles. The van der Waals surface area contributed by atoms with Crippen LogP contribution >= 0.6 is 0 Å². The highest BCUT2D eigenvalue weighted by Crippen LogP contribution is 2.17. The van der Waals surface area contributed by atoms with Crippen molar-refractivity contribution >= 4 is 0 Å². The molecule has 0 unspecified atom stereocenters. The number of allylic oxidation sites excluding steroid dienone is 6. The number of rotatable bonds is 5. The maximum atomic E-state index is 2.37. The molecule has 0 fully saturated rings. The minimum Gasteiger partial charge on any atom is -0.0845 e. The van der Waals surface area contributed by atoms with Crippen LogP contribution in [0.15, 0.2) is 36.0 Å². The summed E-state index contributed by atoms with van der Waals surface area (Å²) in [6.07, 6.45) is 20.4. The predicted octanol–water partition coefficient (Wildman–Crippen LogP) is 4.79. The molecule has 0 amide bonds. The Morgan fingerprint density at radius 2 is 2.21 bits per heavy atom. The molecule has 0 heteroatoms. The molecule has 78 valence electrons. The molecular weight excluding hydrogens is 168 g/mol. The van der Waals surface area contributed by atoms with Crippen molar-refractivity contribution in [2.75, 3.05) is 0 Å². The first-order valence-electron chi connectivity index (χ1n) is 5.95. The molecule has 0 aromatic carbocycles. The lowest BCUT2D eigenvalue weighted by Gasteiger charge is -2.07. The molecule has 0 heterocycles. The maximum absolute atomic E-state index is 2.37. The van der Waals surface area contributed by atoms with Crippen LogP contribution in [0.5, 0.6) is 0 Å². The van der Waals surface area contributed by atoms with E-state index in [1.54, 1.807) is 0 Å². The third-order valence-corrected chi connectivity index (χ3v) is 2.61. The summed E-state index contributed by atoms with van der Waals surface area (Å²) >= 11 is 0. The summed E-state index contributed by atoms with van der Waals surface area (Å²) in [5, 5.41) is 0. The van der Waals surface area contributed by atoms with Gasteiger partial charge in [-0.25, -0.2) is 0 Å². The molecule has 0 nitrogen and oxygen atoms in total. The van der Waals surface area contributed by atoms with Gasteiger partial charge >= 0.3 is 0 Å². The van der Waals surface area contributed by atoms with Gasteiger partial charge in [-0.2, -0.15) is 0 Å². The van der Waals surface area contributed by atoms with Crippen LogP contribution in [0.1, 0.15) is 51.9 Å². The van der Waals surface area contributed by atoms with E-state index in [2.05, 4.69) is 37.3 Å². The van der Waals surface area contributed by atoms with Gasteiger partial charge in [0, 0.05) is 0 Å². The first kappa shape index (κ1) is 11.3. The summed E-state index contributed by atoms with van der Waals surface area (Å²) in [5.41, 5.74) is 1.52. The molecule has 1 rings (SSSR count). The Morgan fingerprint density at radius 3 is 2.93 bits per heavy atom. The molecule has 0 atom stereocenters. The molecule has 0 aliphatic heterocycles. The van der Waals surface area contributed by atoms with E-state index in [1.165, 1.54) is 50.5 Å². The van der Waals surface area contributed by atoms with Gasteiger partial charge in [-0.05, 0) is 32.1 Å². The smallest absolute Gasteiger partial charge is 0.0282 e. The molecule has 0 aromatic rings. The molecule has 0 aromatic heterocycles. The highest BCUT2D eigenvalue weighted by molar-refractivity contribution is 5.23. The van der Waals surface area contributed by atoms with Crippen molar-refractivity contribution in [3.05, 3.63) is 36.0 Å². The van der Waals surface area contributed by atoms with Crippen LogP contribution in [0.25, 0.3) is 0 Å². The van der Waals surface area contributed by atoms with Gasteiger partial charge in [0.15, 0.2) is 0 Å². The van der Waals surface area contributed by atoms with Gasteiger partial charge in [-0.3, -0.25) is 0 Å². The second-order valence-corrected chi connectivity index (χ2v) is 3.95. The third kappa shape index (κ3) is 5.06. The van der Waals surface area contributed by atoms with Crippen molar-refractivity contribution in [2.24, 2.45) is 0 Å². The fourth-order valence-electron chi connectivity index (χ4n) is 1.69. The normalized spacial score (nSPS) is 17.9. The standard InChI is InChI=1S/C14H22/c1-2-3-4-5-6-8-11-14-12-9-7-10-13-14/h5-6,8,11-12H,2-4,7,9-10,13H2,1H3/b6-5+,11-8+. The summed E-state index contributed by atoms with van der Waals surface area (Å²) in [6, 6.07) is 0. The zero-order valence-corrected chi connectivity index (χ0v) is 9.34. The van der Waals surface area contributed by atoms with Crippen molar-refractivity contribution in [2.45, 2.75) is 51.9 Å². The fraction of sp³-hybridized carbons (Fsp3) is 0.571. The molecule has 0 N–H and O–H groups in total. The van der Waals surface area contributed by atoms with Gasteiger partial charge in [0.05, 0.1) is 0 Å². The van der Waals surface area contributed by atoms with Crippen molar-refractivity contribution in [3.63, 3.8) is 0 Å². The van der Waals surface area contributed by atoms with Crippen LogP contribution < -0.4 is 0 Å². The summed E-state index contributed by atoms with van der Waals surface area (Å²) < 4.78 is 0. The molecule has 14 heavy (non-hydrogen) atoms. The van der Waals surface area contributed by atoms with Gasteiger partial charge in [0.25, 0.3) is 0 Å². The molecule has 1 aliphatic rings. The van der Waals surface area contributed by atoms with Gasteiger partial charge in [-0.15, -0.1) is 0 Å². The summed E-state index contributed by atoms with van der Waals surface area (Å²) in [5.74, 6) is 0. The predicted molar refractivity (Wildman–Crippen MR) is 64.4 cm³/mol. The van der Waals surface area contributed by atoms with Crippen LogP contribution in [-0.4, -0.2) is 0 Å². The van der Waals surface area contributed by atoms with E-state index in [9.17, 15) is 0 Å². The number of unbranched alkanes of at least 4 members (excludes halogenated alkanes) is 2. The van der Waals surface area contributed by atoms with Crippen molar-refractivity contribution in [1.82, 2.24) is 0 Å². The second kappa shape index (κ2) is 7.61. The Morgan fingerprint density at radius 1 is 1.29 bits per heavy atom. The summed E-state index contributed by atoms with van der Waals surface area (Å²) in [4.78, 5) is 0. The Labute approximate surface area is 88.4 Å². The highest BCUT2D eigenvalue weighted by atomic mass is 14.0. The van der Waals surface area contributed by atoms with E-state index >= 15 is 0 Å². The molecule has 0 spiro atoms. The Balaban J connectivity index is 2.18. The molecular formula is C14H22. The topological polar surface area (TPSA) is 0 Å². The molecule has 0 bridgehead atoms. The van der Waals surface area contributed by atoms with Crippen molar-refractivity contribution in [1.29, 1.82) is 0 Å². The van der Waals surface area contributed by atoms with E-state index in [4.69, 9.17) is 0 Å². The Kier molecular flexibility index (Phi) is 6.14. The lowest BCUT2D eigenvalue weighted by Crippen LogP contribution is -1.87. The van der Waals surface area contributed by atoms with Gasteiger partial charge in [0.2, 0.25) is 0 Å². The highest BCUT2D eigenvalue weighted by Gasteiger charge is 1.98. The first-order valence-corrected chi connectivity index (χ1v) is 5.95. The first-order chi connectivity index (χ1) is 6.93. The quantitative estimate of drug-likeness (QED) is 0.432. The SMILES string of the molecule is CCCC/C=C/C=C/C1=CCCCC1. The lowest BCUT2D eigenvalue weighted by molar-refractivity contribution is 0.712. The van der Waals surface area contributed by atoms with E-state index < -0.39 is 0 Å². The molecule has 0 saturated heterocycles. The second-order valence-electron chi connectivity index (χ2n) is 3.95. The number of hydrogen-bond donors (Lipinski definition) is 0. The minimum absolute atomic E-state index is 1.22. The van der Waals surface area contributed by atoms with Crippen LogP contribution in [0.4, 0.5) is 0 Å². The van der Waals surface area contributed by atoms with E-state index in [1.807, 2.05) is 0 Å². The van der Waals surface area contributed by atoms with Crippen molar-refractivity contribution in [3.8, 4) is 0 Å². The van der Waals surface area contributed by atoms with E-state index in [0.29, 0.717) is 0 Å². The van der Waals surface area contributed by atoms with Crippen LogP contribution in [0.3, 0.4) is 0 Å². The van der Waals surface area contributed by atoms with Crippen LogP contribution in [-0.2, 0) is 0 Å². The zero-order valence-electron chi connectivity index (χ0n) is 9.34. The van der Waals surface area contributed by atoms with Crippen molar-refractivity contribution < 1.29 is 0 Å². The fourth-order valence-corrected chi connectivity index (χ4v) is 1.69. The van der Waals surface area contributed by atoms with Gasteiger partial charge < -0.3 is 0 Å². The van der Waals surface area contributed by atoms with E-state index in [0.717, 1.165) is 0 Å². The monoisotopic (exact) mass is 190 g/mol. The largest absolute Gasteiger partial charge is 0.0845 e. The van der Waals surface area contributed by atoms with E-state index in [-0.39, 0.29) is 0 Å². The van der Waals surface area contributed by atoms with Crippen LogP contribution in [0, 0.1) is 0 Å². The number of hydrogen-bond acceptors (Lipinski definition) is 0. The Hall–Kier alpha value is -0.780. The van der Waals surface area contributed by atoms with Gasteiger partial charge in [-0.1, -0.05) is 55.7 Å². The minimum atomic E-state index is 1.22.